The Hall–Kier alpha value is -2.88. The van der Waals surface area contributed by atoms with Crippen molar-refractivity contribution in [1.82, 2.24) is 5.01 Å². The van der Waals surface area contributed by atoms with Crippen LogP contribution in [0.2, 0.25) is 5.02 Å². The van der Waals surface area contributed by atoms with Gasteiger partial charge in [0.15, 0.2) is 0 Å². The molecule has 0 aromatic heterocycles. The number of benzene rings is 3. The van der Waals surface area contributed by atoms with E-state index in [1.54, 1.807) is 24.3 Å². The Morgan fingerprint density at radius 3 is 2.18 bits per heavy atom. The number of sulfonamides is 1. The molecule has 0 N–H and O–H groups in total. The first-order valence-electron chi connectivity index (χ1n) is 9.89. The van der Waals surface area contributed by atoms with E-state index in [4.69, 9.17) is 23.2 Å². The predicted molar refractivity (Wildman–Crippen MR) is 126 cm³/mol. The molecule has 0 saturated heterocycles. The highest BCUT2D eigenvalue weighted by Crippen LogP contribution is 2.32. The van der Waals surface area contributed by atoms with E-state index in [9.17, 15) is 21.6 Å². The maximum Gasteiger partial charge on any atom is 0.416 e. The molecule has 4 rings (SSSR count). The summed E-state index contributed by atoms with van der Waals surface area (Å²) in [4.78, 5) is -0.417. The molecular formula is C23H16Cl2F3N3O2S. The summed E-state index contributed by atoms with van der Waals surface area (Å²) < 4.78 is 67.2. The van der Waals surface area contributed by atoms with Crippen molar-refractivity contribution in [2.75, 3.05) is 6.54 Å². The predicted octanol–water partition coefficient (Wildman–Crippen LogP) is 6.15. The van der Waals surface area contributed by atoms with E-state index >= 15 is 0 Å². The monoisotopic (exact) mass is 525 g/mol. The van der Waals surface area contributed by atoms with E-state index in [-0.39, 0.29) is 12.5 Å². The van der Waals surface area contributed by atoms with Gasteiger partial charge in [0, 0.05) is 10.9 Å². The van der Waals surface area contributed by atoms with E-state index in [0.29, 0.717) is 22.9 Å². The van der Waals surface area contributed by atoms with Crippen molar-refractivity contribution in [2.45, 2.75) is 17.0 Å². The first kappa shape index (κ1) is 24.3. The molecule has 0 spiro atoms. The van der Waals surface area contributed by atoms with Crippen molar-refractivity contribution in [3.63, 3.8) is 0 Å². The van der Waals surface area contributed by atoms with E-state index < -0.39 is 32.0 Å². The molecule has 0 fully saturated rings. The SMILES string of the molecule is O=S(=O)(N=C(Cl)N1C[C@@H](c2ccccc2)C(c2ccc(Cl)cc2)=N1)c1ccc(C(F)(F)F)cc1. The van der Waals surface area contributed by atoms with E-state index in [1.807, 2.05) is 30.3 Å². The van der Waals surface area contributed by atoms with Crippen LogP contribution >= 0.6 is 23.2 Å². The maximum absolute atomic E-state index is 12.8. The second-order valence-corrected chi connectivity index (χ2v) is 9.77. The van der Waals surface area contributed by atoms with Crippen molar-refractivity contribution < 1.29 is 21.6 Å². The number of amidine groups is 1. The molecule has 3 aromatic carbocycles. The lowest BCUT2D eigenvalue weighted by Crippen LogP contribution is -2.23. The van der Waals surface area contributed by atoms with Crippen LogP contribution < -0.4 is 0 Å². The van der Waals surface area contributed by atoms with Gasteiger partial charge in [-0.15, -0.1) is 4.40 Å². The van der Waals surface area contributed by atoms with Crippen LogP contribution in [0.25, 0.3) is 0 Å². The number of rotatable bonds is 4. The van der Waals surface area contributed by atoms with Crippen LogP contribution in [-0.2, 0) is 16.2 Å². The van der Waals surface area contributed by atoms with Gasteiger partial charge < -0.3 is 0 Å². The third kappa shape index (κ3) is 5.27. The Balaban J connectivity index is 1.66. The summed E-state index contributed by atoms with van der Waals surface area (Å²) in [7, 11) is -4.37. The van der Waals surface area contributed by atoms with Crippen molar-refractivity contribution >= 4 is 44.2 Å². The number of hydrogen-bond donors (Lipinski definition) is 0. The molecule has 34 heavy (non-hydrogen) atoms. The third-order valence-corrected chi connectivity index (χ3v) is 7.06. The molecule has 1 aliphatic rings. The highest BCUT2D eigenvalue weighted by molar-refractivity contribution is 7.90. The summed E-state index contributed by atoms with van der Waals surface area (Å²) in [6.07, 6.45) is -4.59. The first-order chi connectivity index (χ1) is 16.0. The van der Waals surface area contributed by atoms with Crippen LogP contribution in [0.15, 0.2) is 93.3 Å². The smallest absolute Gasteiger partial charge is 0.236 e. The van der Waals surface area contributed by atoms with Gasteiger partial charge in [0.05, 0.1) is 22.7 Å². The lowest BCUT2D eigenvalue weighted by atomic mass is 9.91. The van der Waals surface area contributed by atoms with E-state index in [1.165, 1.54) is 5.01 Å². The number of nitrogens with zero attached hydrogens (tertiary/aromatic N) is 3. The summed E-state index contributed by atoms with van der Waals surface area (Å²) in [5, 5.41) is 5.88. The van der Waals surface area contributed by atoms with Crippen molar-refractivity contribution in [1.29, 1.82) is 0 Å². The van der Waals surface area contributed by atoms with Crippen LogP contribution in [0.3, 0.4) is 0 Å². The normalized spacial score (nSPS) is 17.1. The highest BCUT2D eigenvalue weighted by Gasteiger charge is 2.33. The molecule has 0 bridgehead atoms. The van der Waals surface area contributed by atoms with E-state index in [0.717, 1.165) is 23.3 Å². The molecule has 0 radical (unpaired) electrons. The Bertz CT molecular complexity index is 1340. The minimum Gasteiger partial charge on any atom is -0.236 e. The standard InChI is InChI=1S/C23H16Cl2F3N3O2S/c24-18-10-6-16(7-11-18)21-20(15-4-2-1-3-5-15)14-31(29-21)22(25)30-34(32,33)19-12-8-17(9-13-19)23(26,27)28/h1-13,20H,14H2/t20-/m0/s1. The molecule has 1 atom stereocenters. The van der Waals surface area contributed by atoms with Crippen LogP contribution in [0, 0.1) is 0 Å². The Labute approximate surface area is 204 Å². The van der Waals surface area contributed by atoms with Gasteiger partial charge in [0.25, 0.3) is 10.0 Å². The van der Waals surface area contributed by atoms with Crippen LogP contribution in [-0.4, -0.2) is 31.0 Å². The van der Waals surface area contributed by atoms with Crippen molar-refractivity contribution in [3.8, 4) is 0 Å². The number of alkyl halides is 3. The largest absolute Gasteiger partial charge is 0.416 e. The zero-order valence-electron chi connectivity index (χ0n) is 17.2. The first-order valence-corrected chi connectivity index (χ1v) is 12.1. The summed E-state index contributed by atoms with van der Waals surface area (Å²) in [6, 6.07) is 19.5. The van der Waals surface area contributed by atoms with Gasteiger partial charge in [-0.05, 0) is 59.1 Å². The topological polar surface area (TPSA) is 62.1 Å². The molecule has 3 aromatic rings. The minimum atomic E-state index is -4.59. The molecule has 0 aliphatic carbocycles. The number of hydrogen-bond acceptors (Lipinski definition) is 3. The second kappa shape index (κ2) is 9.40. The highest BCUT2D eigenvalue weighted by atomic mass is 35.5. The summed E-state index contributed by atoms with van der Waals surface area (Å²) in [5.74, 6) is -0.236. The van der Waals surface area contributed by atoms with Crippen LogP contribution in [0.5, 0.6) is 0 Å². The second-order valence-electron chi connectivity index (χ2n) is 7.40. The summed E-state index contributed by atoms with van der Waals surface area (Å²) in [5.41, 5.74) is 1.39. The number of hydrazone groups is 1. The fraction of sp³-hybridized carbons (Fsp3) is 0.130. The summed E-state index contributed by atoms with van der Waals surface area (Å²) in [6.45, 7) is 0.215. The Morgan fingerprint density at radius 2 is 1.59 bits per heavy atom. The zero-order chi connectivity index (χ0) is 24.5. The fourth-order valence-electron chi connectivity index (χ4n) is 3.46. The number of halogens is 5. The molecule has 0 unspecified atom stereocenters. The molecule has 0 amide bonds. The van der Waals surface area contributed by atoms with Gasteiger partial charge in [0.1, 0.15) is 0 Å². The average Bonchev–Trinajstić information content (AvgIpc) is 3.25. The minimum absolute atomic E-state index is 0.215. The van der Waals surface area contributed by atoms with E-state index in [2.05, 4.69) is 9.50 Å². The molecule has 5 nitrogen and oxygen atoms in total. The zero-order valence-corrected chi connectivity index (χ0v) is 19.6. The molecule has 176 valence electrons. The summed E-state index contributed by atoms with van der Waals surface area (Å²) >= 11 is 12.2. The van der Waals surface area contributed by atoms with Gasteiger partial charge in [-0.2, -0.15) is 26.7 Å². The van der Waals surface area contributed by atoms with Gasteiger partial charge in [-0.1, -0.05) is 54.1 Å². The molecule has 1 aliphatic heterocycles. The maximum atomic E-state index is 12.8. The van der Waals surface area contributed by atoms with Crippen LogP contribution in [0.4, 0.5) is 13.2 Å². The fourth-order valence-corrected chi connectivity index (χ4v) is 4.84. The molecular weight excluding hydrogens is 510 g/mol. The van der Waals surface area contributed by atoms with Gasteiger partial charge in [-0.25, -0.2) is 5.01 Å². The van der Waals surface area contributed by atoms with Crippen molar-refractivity contribution in [3.05, 3.63) is 101 Å². The Morgan fingerprint density at radius 1 is 0.971 bits per heavy atom. The van der Waals surface area contributed by atoms with Crippen molar-refractivity contribution in [2.24, 2.45) is 9.50 Å². The lowest BCUT2D eigenvalue weighted by Gasteiger charge is -2.15. The Kier molecular flexibility index (Phi) is 6.71. The molecule has 0 saturated carbocycles. The van der Waals surface area contributed by atoms with Gasteiger partial charge >= 0.3 is 6.18 Å². The lowest BCUT2D eigenvalue weighted by molar-refractivity contribution is -0.137. The average molecular weight is 526 g/mol. The molecule has 1 heterocycles. The third-order valence-electron chi connectivity index (χ3n) is 5.14. The van der Waals surface area contributed by atoms with Crippen LogP contribution in [0.1, 0.15) is 22.6 Å². The molecule has 11 heteroatoms. The van der Waals surface area contributed by atoms with Gasteiger partial charge in [-0.3, -0.25) is 0 Å². The quantitative estimate of drug-likeness (QED) is 0.233. The van der Waals surface area contributed by atoms with Gasteiger partial charge in [0.2, 0.25) is 5.29 Å².